The van der Waals surface area contributed by atoms with Gasteiger partial charge in [-0.05, 0) is 48.9 Å². The summed E-state index contributed by atoms with van der Waals surface area (Å²) in [4.78, 5) is 37.6. The average Bonchev–Trinajstić information content (AvgIpc) is 3.17. The van der Waals surface area contributed by atoms with Gasteiger partial charge >= 0.3 is 5.97 Å². The monoisotopic (exact) mass is 466 g/mol. The van der Waals surface area contributed by atoms with Crippen LogP contribution in [0.2, 0.25) is 0 Å². The second-order valence-corrected chi connectivity index (χ2v) is 7.29. The molecule has 1 aliphatic rings. The Labute approximate surface area is 180 Å². The van der Waals surface area contributed by atoms with Crippen LogP contribution in [-0.2, 0) is 9.59 Å². The predicted octanol–water partition coefficient (Wildman–Crippen LogP) is 4.19. The molecule has 0 unspecified atom stereocenters. The third-order valence-corrected chi connectivity index (χ3v) is 5.02. The quantitative estimate of drug-likeness (QED) is 0.401. The van der Waals surface area contributed by atoms with Crippen LogP contribution in [0.1, 0.15) is 23.0 Å². The number of carboxylic acids is 1. The summed E-state index contributed by atoms with van der Waals surface area (Å²) in [6, 6.07) is 9.78. The van der Waals surface area contributed by atoms with Gasteiger partial charge in [0.05, 0.1) is 5.56 Å². The Hall–Kier alpha value is -3.70. The maximum Gasteiger partial charge on any atom is 0.336 e. The molecule has 0 radical (unpaired) electrons. The van der Waals surface area contributed by atoms with Crippen LogP contribution in [0.3, 0.4) is 0 Å². The summed E-state index contributed by atoms with van der Waals surface area (Å²) in [5.41, 5.74) is 0.690. The van der Waals surface area contributed by atoms with Gasteiger partial charge in [-0.2, -0.15) is 5.26 Å². The molecular weight excluding hydrogens is 452 g/mol. The highest BCUT2D eigenvalue weighted by Gasteiger charge is 2.34. The van der Waals surface area contributed by atoms with Crippen molar-refractivity contribution in [2.75, 3.05) is 6.54 Å². The fourth-order valence-corrected chi connectivity index (χ4v) is 3.41. The van der Waals surface area contributed by atoms with Crippen molar-refractivity contribution < 1.29 is 23.9 Å². The Morgan fingerprint density at radius 1 is 1.30 bits per heavy atom. The minimum absolute atomic E-state index is 0.0300. The molecule has 30 heavy (non-hydrogen) atoms. The molecule has 0 aliphatic carbocycles. The van der Waals surface area contributed by atoms with E-state index in [4.69, 9.17) is 4.42 Å². The van der Waals surface area contributed by atoms with Gasteiger partial charge in [0.15, 0.2) is 0 Å². The molecule has 0 spiro atoms. The standard InChI is InChI=1S/C22H15BrN2O5/c1-3-8-25-20(26)16(12(2)18(11-24)21(25)27)10-14-5-7-19(30-14)15-6-4-13(23)9-17(15)22(28)29/h3-7,9-10H,1,8H2,2H3,(H,28,29)/b16-10+. The number of nitriles is 1. The first-order valence-electron chi connectivity index (χ1n) is 8.71. The fourth-order valence-electron chi connectivity index (χ4n) is 3.05. The Kier molecular flexibility index (Phi) is 5.85. The molecule has 0 bridgehead atoms. The van der Waals surface area contributed by atoms with Gasteiger partial charge in [0.2, 0.25) is 0 Å². The molecule has 150 valence electrons. The SMILES string of the molecule is C=CCN1C(=O)C(C#N)=C(C)/C(=C\c2ccc(-c3ccc(Br)cc3C(=O)O)o2)C1=O. The van der Waals surface area contributed by atoms with Crippen LogP contribution in [0, 0.1) is 11.3 Å². The summed E-state index contributed by atoms with van der Waals surface area (Å²) in [6.45, 7) is 5.02. The van der Waals surface area contributed by atoms with E-state index in [1.807, 2.05) is 6.07 Å². The number of hydrogen-bond acceptors (Lipinski definition) is 5. The van der Waals surface area contributed by atoms with Crippen LogP contribution in [0.25, 0.3) is 17.4 Å². The lowest BCUT2D eigenvalue weighted by Crippen LogP contribution is -2.42. The predicted molar refractivity (Wildman–Crippen MR) is 112 cm³/mol. The lowest BCUT2D eigenvalue weighted by molar-refractivity contribution is -0.139. The normalized spacial score (nSPS) is 15.5. The summed E-state index contributed by atoms with van der Waals surface area (Å²) in [7, 11) is 0. The van der Waals surface area contributed by atoms with E-state index in [0.29, 0.717) is 15.8 Å². The van der Waals surface area contributed by atoms with Crippen molar-refractivity contribution in [3.8, 4) is 17.4 Å². The van der Waals surface area contributed by atoms with Gasteiger partial charge in [-0.25, -0.2) is 4.79 Å². The van der Waals surface area contributed by atoms with Crippen LogP contribution < -0.4 is 0 Å². The second kappa shape index (κ2) is 8.35. The zero-order chi connectivity index (χ0) is 22.0. The summed E-state index contributed by atoms with van der Waals surface area (Å²) >= 11 is 3.25. The van der Waals surface area contributed by atoms with E-state index in [9.17, 15) is 24.8 Å². The van der Waals surface area contributed by atoms with E-state index >= 15 is 0 Å². The highest BCUT2D eigenvalue weighted by atomic mass is 79.9. The molecule has 2 heterocycles. The molecule has 1 aromatic carbocycles. The van der Waals surface area contributed by atoms with Gasteiger partial charge < -0.3 is 9.52 Å². The molecular formula is C22H15BrN2O5. The van der Waals surface area contributed by atoms with Crippen LogP contribution in [0.4, 0.5) is 0 Å². The van der Waals surface area contributed by atoms with Gasteiger partial charge in [0, 0.05) is 22.2 Å². The second-order valence-electron chi connectivity index (χ2n) is 6.38. The molecule has 3 rings (SSSR count). The first kappa shape index (κ1) is 21.0. The minimum atomic E-state index is -1.11. The lowest BCUT2D eigenvalue weighted by atomic mass is 9.94. The highest BCUT2D eigenvalue weighted by molar-refractivity contribution is 9.10. The van der Waals surface area contributed by atoms with Crippen molar-refractivity contribution in [3.05, 3.63) is 75.5 Å². The topological polar surface area (TPSA) is 112 Å². The number of halogens is 1. The molecule has 8 heteroatoms. The molecule has 1 N–H and O–H groups in total. The Balaban J connectivity index is 2.08. The number of carbonyl (C=O) groups excluding carboxylic acids is 2. The van der Waals surface area contributed by atoms with E-state index < -0.39 is 17.8 Å². The number of rotatable bonds is 5. The molecule has 2 aromatic rings. The van der Waals surface area contributed by atoms with E-state index in [2.05, 4.69) is 22.5 Å². The maximum absolute atomic E-state index is 12.8. The Morgan fingerprint density at radius 3 is 2.67 bits per heavy atom. The van der Waals surface area contributed by atoms with Crippen molar-refractivity contribution in [2.45, 2.75) is 6.92 Å². The number of imide groups is 1. The van der Waals surface area contributed by atoms with Crippen molar-refractivity contribution in [1.82, 2.24) is 4.90 Å². The summed E-state index contributed by atoms with van der Waals surface area (Å²) in [6.07, 6.45) is 2.83. The number of nitrogens with zero attached hydrogens (tertiary/aromatic N) is 2. The summed E-state index contributed by atoms with van der Waals surface area (Å²) in [5, 5.41) is 18.8. The molecule has 0 atom stereocenters. The van der Waals surface area contributed by atoms with E-state index in [0.717, 1.165) is 4.90 Å². The minimum Gasteiger partial charge on any atom is -0.478 e. The molecule has 0 fully saturated rings. The largest absolute Gasteiger partial charge is 0.478 e. The third kappa shape index (κ3) is 3.75. The lowest BCUT2D eigenvalue weighted by Gasteiger charge is -2.26. The zero-order valence-corrected chi connectivity index (χ0v) is 17.4. The van der Waals surface area contributed by atoms with Crippen molar-refractivity contribution in [1.29, 1.82) is 5.26 Å². The number of amides is 2. The fraction of sp³-hybridized carbons (Fsp3) is 0.0909. The maximum atomic E-state index is 12.8. The van der Waals surface area contributed by atoms with Crippen LogP contribution in [0.5, 0.6) is 0 Å². The zero-order valence-electron chi connectivity index (χ0n) is 15.8. The molecule has 1 aromatic heterocycles. The van der Waals surface area contributed by atoms with Crippen molar-refractivity contribution in [3.63, 3.8) is 0 Å². The molecule has 1 aliphatic heterocycles. The van der Waals surface area contributed by atoms with E-state index in [1.165, 1.54) is 25.1 Å². The Morgan fingerprint density at radius 2 is 2.03 bits per heavy atom. The van der Waals surface area contributed by atoms with Gasteiger partial charge in [0.1, 0.15) is 23.2 Å². The van der Waals surface area contributed by atoms with Crippen molar-refractivity contribution in [2.24, 2.45) is 0 Å². The first-order valence-corrected chi connectivity index (χ1v) is 9.51. The highest BCUT2D eigenvalue weighted by Crippen LogP contribution is 2.31. The number of carbonyl (C=O) groups is 3. The van der Waals surface area contributed by atoms with Crippen LogP contribution >= 0.6 is 15.9 Å². The van der Waals surface area contributed by atoms with Crippen LogP contribution in [0.15, 0.2) is 68.6 Å². The van der Waals surface area contributed by atoms with E-state index in [1.54, 1.807) is 24.3 Å². The van der Waals surface area contributed by atoms with Gasteiger partial charge in [-0.15, -0.1) is 6.58 Å². The first-order chi connectivity index (χ1) is 14.3. The smallest absolute Gasteiger partial charge is 0.336 e. The van der Waals surface area contributed by atoms with Gasteiger partial charge in [-0.3, -0.25) is 14.5 Å². The van der Waals surface area contributed by atoms with Gasteiger partial charge in [-0.1, -0.05) is 22.0 Å². The number of carboxylic acid groups (broad SMARTS) is 1. The summed E-state index contributed by atoms with van der Waals surface area (Å²) in [5.74, 6) is -1.77. The van der Waals surface area contributed by atoms with E-state index in [-0.39, 0.29) is 34.6 Å². The molecule has 0 saturated carbocycles. The van der Waals surface area contributed by atoms with Gasteiger partial charge in [0.25, 0.3) is 11.8 Å². The molecule has 2 amide bonds. The number of hydrogen-bond donors (Lipinski definition) is 1. The number of benzene rings is 1. The average molecular weight is 467 g/mol. The van der Waals surface area contributed by atoms with Crippen LogP contribution in [-0.4, -0.2) is 34.3 Å². The Bertz CT molecular complexity index is 1200. The molecule has 0 saturated heterocycles. The van der Waals surface area contributed by atoms with Crippen molar-refractivity contribution >= 4 is 39.8 Å². The number of aromatic carboxylic acids is 1. The third-order valence-electron chi connectivity index (χ3n) is 4.53. The molecule has 7 nitrogen and oxygen atoms in total. The number of furan rings is 1. The summed E-state index contributed by atoms with van der Waals surface area (Å²) < 4.78 is 6.37.